The second-order valence-electron chi connectivity index (χ2n) is 4.92. The molecule has 0 fully saturated rings. The molecule has 23 heavy (non-hydrogen) atoms. The highest BCUT2D eigenvalue weighted by molar-refractivity contribution is 9.09. The Morgan fingerprint density at radius 1 is 1.13 bits per heavy atom. The largest absolute Gasteiger partial charge is 0.456 e. The van der Waals surface area contributed by atoms with Gasteiger partial charge in [-0.3, -0.25) is 4.79 Å². The minimum absolute atomic E-state index is 0.0434. The quantitative estimate of drug-likeness (QED) is 0.553. The third-order valence-electron chi connectivity index (χ3n) is 3.12. The maximum atomic E-state index is 12.5. The molecule has 5 nitrogen and oxygen atoms in total. The Labute approximate surface area is 144 Å². The summed E-state index contributed by atoms with van der Waals surface area (Å²) in [6.07, 6.45) is 0. The van der Waals surface area contributed by atoms with Gasteiger partial charge in [0.25, 0.3) is 0 Å². The number of nitrogens with zero attached hydrogens (tertiary/aromatic N) is 1. The lowest BCUT2D eigenvalue weighted by Crippen LogP contribution is -2.23. The van der Waals surface area contributed by atoms with Crippen molar-refractivity contribution in [1.29, 1.82) is 0 Å². The Bertz CT molecular complexity index is 804. The van der Waals surface area contributed by atoms with Crippen molar-refractivity contribution in [3.63, 3.8) is 0 Å². The van der Waals surface area contributed by atoms with Crippen molar-refractivity contribution in [1.82, 2.24) is 4.31 Å². The van der Waals surface area contributed by atoms with E-state index in [1.54, 1.807) is 30.3 Å². The molecule has 7 heteroatoms. The third-order valence-corrected chi connectivity index (χ3v) is 5.46. The molecule has 0 aromatic heterocycles. The molecule has 0 bridgehead atoms. The fourth-order valence-corrected chi connectivity index (χ4v) is 3.21. The second kappa shape index (κ2) is 7.25. The summed E-state index contributed by atoms with van der Waals surface area (Å²) in [5, 5.41) is 0.118. The number of hydrogen-bond donors (Lipinski definition) is 0. The van der Waals surface area contributed by atoms with Gasteiger partial charge in [0.15, 0.2) is 5.78 Å². The van der Waals surface area contributed by atoms with Crippen LogP contribution in [0.1, 0.15) is 10.4 Å². The first kappa shape index (κ1) is 17.7. The zero-order valence-corrected chi connectivity index (χ0v) is 15.1. The molecule has 0 radical (unpaired) electrons. The first-order chi connectivity index (χ1) is 10.9. The van der Waals surface area contributed by atoms with Gasteiger partial charge in [0.2, 0.25) is 10.0 Å². The fraction of sp³-hybridized carbons (Fsp3) is 0.188. The van der Waals surface area contributed by atoms with E-state index in [0.29, 0.717) is 11.3 Å². The minimum atomic E-state index is -3.75. The average Bonchev–Trinajstić information content (AvgIpc) is 2.55. The number of carbonyl (C=O) groups is 1. The van der Waals surface area contributed by atoms with E-state index < -0.39 is 10.0 Å². The Kier molecular flexibility index (Phi) is 5.56. The van der Waals surface area contributed by atoms with Crippen LogP contribution in [0.25, 0.3) is 0 Å². The van der Waals surface area contributed by atoms with Gasteiger partial charge >= 0.3 is 0 Å². The van der Waals surface area contributed by atoms with Crippen LogP contribution in [0.15, 0.2) is 53.4 Å². The Morgan fingerprint density at radius 3 is 2.35 bits per heavy atom. The maximum absolute atomic E-state index is 12.5. The summed E-state index contributed by atoms with van der Waals surface area (Å²) in [6.45, 7) is 0. The predicted octanol–water partition coefficient (Wildman–Crippen LogP) is 3.31. The normalized spacial score (nSPS) is 11.5. The van der Waals surface area contributed by atoms with Crippen molar-refractivity contribution in [3.05, 3.63) is 54.1 Å². The molecule has 2 rings (SSSR count). The highest BCUT2D eigenvalue weighted by Gasteiger charge is 2.24. The number of ether oxygens (including phenoxy) is 1. The smallest absolute Gasteiger partial charge is 0.246 e. The van der Waals surface area contributed by atoms with Gasteiger partial charge < -0.3 is 4.74 Å². The number of alkyl halides is 1. The number of para-hydroxylation sites is 1. The van der Waals surface area contributed by atoms with Crippen LogP contribution in [0.2, 0.25) is 0 Å². The van der Waals surface area contributed by atoms with E-state index in [1.165, 1.54) is 26.2 Å². The van der Waals surface area contributed by atoms with E-state index in [2.05, 4.69) is 15.9 Å². The van der Waals surface area contributed by atoms with E-state index in [4.69, 9.17) is 4.74 Å². The molecule has 0 aliphatic carbocycles. The van der Waals surface area contributed by atoms with Gasteiger partial charge in [0.05, 0.1) is 5.33 Å². The standard InChI is InChI=1S/C16H16BrNO4S/c1-18(2)23(20,21)16-10-12(14(19)11-17)8-9-15(16)22-13-6-4-3-5-7-13/h3-10H,11H2,1-2H3. The number of carbonyl (C=O) groups excluding carboxylic acids is 1. The number of sulfonamides is 1. The lowest BCUT2D eigenvalue weighted by atomic mass is 10.1. The SMILES string of the molecule is CN(C)S(=O)(=O)c1cc(C(=O)CBr)ccc1Oc1ccccc1. The van der Waals surface area contributed by atoms with E-state index in [1.807, 2.05) is 6.07 Å². The number of benzene rings is 2. The number of rotatable bonds is 6. The van der Waals surface area contributed by atoms with Crippen molar-refractivity contribution < 1.29 is 17.9 Å². The van der Waals surface area contributed by atoms with E-state index in [9.17, 15) is 13.2 Å². The fourth-order valence-electron chi connectivity index (χ4n) is 1.86. The molecule has 2 aromatic rings. The van der Waals surface area contributed by atoms with Gasteiger partial charge in [-0.05, 0) is 30.3 Å². The molecule has 0 heterocycles. The van der Waals surface area contributed by atoms with Crippen molar-refractivity contribution in [3.8, 4) is 11.5 Å². The lowest BCUT2D eigenvalue weighted by molar-refractivity contribution is 0.102. The topological polar surface area (TPSA) is 63.7 Å². The molecule has 0 amide bonds. The second-order valence-corrected chi connectivity index (χ2v) is 7.60. The van der Waals surface area contributed by atoms with Gasteiger partial charge in [-0.25, -0.2) is 12.7 Å². The Morgan fingerprint density at radius 2 is 1.78 bits per heavy atom. The molecule has 0 saturated carbocycles. The Balaban J connectivity index is 2.55. The van der Waals surface area contributed by atoms with Crippen LogP contribution in [0.5, 0.6) is 11.5 Å². The maximum Gasteiger partial charge on any atom is 0.246 e. The Hall–Kier alpha value is -1.70. The summed E-state index contributed by atoms with van der Waals surface area (Å²) in [5.41, 5.74) is 0.308. The monoisotopic (exact) mass is 397 g/mol. The van der Waals surface area contributed by atoms with Crippen molar-refractivity contribution in [2.24, 2.45) is 0 Å². The molecule has 0 N–H and O–H groups in total. The van der Waals surface area contributed by atoms with Gasteiger partial charge in [0, 0.05) is 19.7 Å². The van der Waals surface area contributed by atoms with Crippen molar-refractivity contribution in [2.75, 3.05) is 19.4 Å². The summed E-state index contributed by atoms with van der Waals surface area (Å²) in [4.78, 5) is 11.8. The number of hydrogen-bond acceptors (Lipinski definition) is 4. The van der Waals surface area contributed by atoms with Crippen LogP contribution in [-0.4, -0.2) is 37.9 Å². The van der Waals surface area contributed by atoms with Crippen LogP contribution in [0.3, 0.4) is 0 Å². The average molecular weight is 398 g/mol. The molecule has 0 spiro atoms. The molecule has 122 valence electrons. The number of Topliss-reactive ketones (excluding diaryl/α,β-unsaturated/α-hetero) is 1. The van der Waals surface area contributed by atoms with E-state index in [-0.39, 0.29) is 21.8 Å². The highest BCUT2D eigenvalue weighted by Crippen LogP contribution is 2.31. The van der Waals surface area contributed by atoms with E-state index >= 15 is 0 Å². The lowest BCUT2D eigenvalue weighted by Gasteiger charge is -2.16. The molecule has 0 aliphatic rings. The zero-order valence-electron chi connectivity index (χ0n) is 12.7. The molecule has 0 unspecified atom stereocenters. The van der Waals surface area contributed by atoms with Crippen molar-refractivity contribution >= 4 is 31.7 Å². The molecule has 2 aromatic carbocycles. The van der Waals surface area contributed by atoms with Crippen LogP contribution in [0.4, 0.5) is 0 Å². The van der Waals surface area contributed by atoms with Gasteiger partial charge in [0.1, 0.15) is 16.4 Å². The van der Waals surface area contributed by atoms with Crippen LogP contribution in [-0.2, 0) is 10.0 Å². The van der Waals surface area contributed by atoms with Gasteiger partial charge in [-0.1, -0.05) is 34.1 Å². The summed E-state index contributed by atoms with van der Waals surface area (Å²) < 4.78 is 31.8. The predicted molar refractivity (Wildman–Crippen MR) is 92.0 cm³/mol. The summed E-state index contributed by atoms with van der Waals surface area (Å²) in [7, 11) is -0.889. The third kappa shape index (κ3) is 3.99. The van der Waals surface area contributed by atoms with Crippen LogP contribution >= 0.6 is 15.9 Å². The molecule has 0 atom stereocenters. The van der Waals surface area contributed by atoms with Crippen LogP contribution < -0.4 is 4.74 Å². The van der Waals surface area contributed by atoms with E-state index in [0.717, 1.165) is 4.31 Å². The highest BCUT2D eigenvalue weighted by atomic mass is 79.9. The van der Waals surface area contributed by atoms with Gasteiger partial charge in [-0.15, -0.1) is 0 Å². The zero-order chi connectivity index (χ0) is 17.0. The van der Waals surface area contributed by atoms with Crippen LogP contribution in [0, 0.1) is 0 Å². The number of halogens is 1. The van der Waals surface area contributed by atoms with Gasteiger partial charge in [-0.2, -0.15) is 0 Å². The molecule has 0 aliphatic heterocycles. The summed E-state index contributed by atoms with van der Waals surface area (Å²) in [5.74, 6) is 0.491. The molecular formula is C16H16BrNO4S. The first-order valence-electron chi connectivity index (χ1n) is 6.75. The first-order valence-corrected chi connectivity index (χ1v) is 9.31. The molecule has 0 saturated heterocycles. The minimum Gasteiger partial charge on any atom is -0.456 e. The van der Waals surface area contributed by atoms with Crippen molar-refractivity contribution in [2.45, 2.75) is 4.90 Å². The molecular weight excluding hydrogens is 382 g/mol. The summed E-state index contributed by atoms with van der Waals surface area (Å²) in [6, 6.07) is 13.3. The number of ketones is 1. The summed E-state index contributed by atoms with van der Waals surface area (Å²) >= 11 is 3.09.